The molecule has 0 spiro atoms. The standard InChI is InChI=1S/C34H35ClO6/c35-41-34(21-26-13-5-1-6-14-26)32(39-24-29-19-11-4-12-20-29)31(38-23-28-17-9-3-10-18-28)30(40-33(34)36)25-37-22-27-15-7-2-8-16-27/h1-20,30-33,36H,21-25H2/t30-,31-,32+,33+,34-/m1/s1. The van der Waals surface area contributed by atoms with Crippen molar-refractivity contribution < 1.29 is 28.3 Å². The van der Waals surface area contributed by atoms with Crippen LogP contribution in [0.3, 0.4) is 0 Å². The van der Waals surface area contributed by atoms with Crippen LogP contribution in [-0.2, 0) is 49.5 Å². The number of aliphatic hydroxyl groups is 1. The fraction of sp³-hybridized carbons (Fsp3) is 0.294. The lowest BCUT2D eigenvalue weighted by atomic mass is 9.81. The van der Waals surface area contributed by atoms with Crippen molar-refractivity contribution in [2.45, 2.75) is 56.4 Å². The van der Waals surface area contributed by atoms with E-state index < -0.39 is 30.2 Å². The molecule has 1 aliphatic rings. The molecule has 0 radical (unpaired) electrons. The molecule has 214 valence electrons. The summed E-state index contributed by atoms with van der Waals surface area (Å²) in [7, 11) is 0. The van der Waals surface area contributed by atoms with Gasteiger partial charge in [0.2, 0.25) is 0 Å². The molecule has 1 heterocycles. The Morgan fingerprint density at radius 1 is 0.634 bits per heavy atom. The fourth-order valence-electron chi connectivity index (χ4n) is 5.14. The molecule has 41 heavy (non-hydrogen) atoms. The minimum atomic E-state index is -1.46. The monoisotopic (exact) mass is 574 g/mol. The Morgan fingerprint density at radius 2 is 1.10 bits per heavy atom. The Kier molecular flexibility index (Phi) is 10.6. The van der Waals surface area contributed by atoms with Crippen molar-refractivity contribution in [3.8, 4) is 0 Å². The zero-order valence-electron chi connectivity index (χ0n) is 22.8. The van der Waals surface area contributed by atoms with Gasteiger partial charge in [0, 0.05) is 6.42 Å². The van der Waals surface area contributed by atoms with Crippen LogP contribution in [0.25, 0.3) is 0 Å². The Labute approximate surface area is 246 Å². The van der Waals surface area contributed by atoms with Crippen molar-refractivity contribution in [3.05, 3.63) is 144 Å². The summed E-state index contributed by atoms with van der Waals surface area (Å²) in [5.74, 6) is 0. The molecule has 4 aromatic carbocycles. The minimum Gasteiger partial charge on any atom is -0.374 e. The highest BCUT2D eigenvalue weighted by atomic mass is 35.5. The molecule has 1 fully saturated rings. The van der Waals surface area contributed by atoms with E-state index in [9.17, 15) is 5.11 Å². The van der Waals surface area contributed by atoms with Crippen molar-refractivity contribution >= 4 is 11.9 Å². The largest absolute Gasteiger partial charge is 0.374 e. The van der Waals surface area contributed by atoms with Gasteiger partial charge in [-0.3, -0.25) is 4.29 Å². The van der Waals surface area contributed by atoms with Crippen LogP contribution in [0.2, 0.25) is 0 Å². The van der Waals surface area contributed by atoms with Gasteiger partial charge in [-0.2, -0.15) is 0 Å². The van der Waals surface area contributed by atoms with Gasteiger partial charge >= 0.3 is 0 Å². The first-order valence-electron chi connectivity index (χ1n) is 13.8. The molecule has 0 unspecified atom stereocenters. The third-order valence-corrected chi connectivity index (χ3v) is 7.57. The maximum Gasteiger partial charge on any atom is 0.189 e. The lowest BCUT2D eigenvalue weighted by molar-refractivity contribution is -0.338. The zero-order chi connectivity index (χ0) is 28.3. The predicted molar refractivity (Wildman–Crippen MR) is 157 cm³/mol. The molecule has 0 aromatic heterocycles. The van der Waals surface area contributed by atoms with E-state index in [0.29, 0.717) is 13.2 Å². The second kappa shape index (κ2) is 14.7. The Hall–Kier alpha value is -3.07. The Morgan fingerprint density at radius 3 is 1.61 bits per heavy atom. The van der Waals surface area contributed by atoms with Crippen LogP contribution in [0.4, 0.5) is 0 Å². The Bertz CT molecular complexity index is 1290. The highest BCUT2D eigenvalue weighted by Gasteiger charge is 2.59. The second-order valence-electron chi connectivity index (χ2n) is 10.2. The lowest BCUT2D eigenvalue weighted by Gasteiger charge is -2.50. The number of hydrogen-bond acceptors (Lipinski definition) is 6. The molecule has 1 N–H and O–H groups in total. The highest BCUT2D eigenvalue weighted by Crippen LogP contribution is 2.40. The zero-order valence-corrected chi connectivity index (χ0v) is 23.5. The van der Waals surface area contributed by atoms with E-state index in [0.717, 1.165) is 22.3 Å². The smallest absolute Gasteiger partial charge is 0.189 e. The molecule has 1 aliphatic heterocycles. The van der Waals surface area contributed by atoms with E-state index in [-0.39, 0.29) is 19.6 Å². The normalized spacial score (nSPS) is 24.2. The fourth-order valence-corrected chi connectivity index (χ4v) is 5.36. The summed E-state index contributed by atoms with van der Waals surface area (Å²) in [6.45, 7) is 1.12. The number of hydrogen-bond donors (Lipinski definition) is 1. The average molecular weight is 575 g/mol. The maximum absolute atomic E-state index is 11.5. The number of aliphatic hydroxyl groups excluding tert-OH is 1. The highest BCUT2D eigenvalue weighted by molar-refractivity contribution is 6.07. The number of halogens is 1. The summed E-state index contributed by atoms with van der Waals surface area (Å²) in [4.78, 5) is 0. The van der Waals surface area contributed by atoms with Gasteiger partial charge in [0.15, 0.2) is 11.9 Å². The van der Waals surface area contributed by atoms with Crippen molar-refractivity contribution in [2.24, 2.45) is 0 Å². The van der Waals surface area contributed by atoms with Gasteiger partial charge in [-0.1, -0.05) is 121 Å². The van der Waals surface area contributed by atoms with E-state index in [1.54, 1.807) is 0 Å². The van der Waals surface area contributed by atoms with Crippen molar-refractivity contribution in [2.75, 3.05) is 6.61 Å². The second-order valence-corrected chi connectivity index (χ2v) is 10.4. The quantitative estimate of drug-likeness (QED) is 0.204. The van der Waals surface area contributed by atoms with Gasteiger partial charge in [-0.05, 0) is 22.3 Å². The molecule has 1 saturated heterocycles. The summed E-state index contributed by atoms with van der Waals surface area (Å²) >= 11 is 6.27. The molecule has 0 amide bonds. The molecule has 0 bridgehead atoms. The minimum absolute atomic E-state index is 0.167. The SMILES string of the molecule is O[C@H]1O[C@H](COCc2ccccc2)[C@@H](OCc2ccccc2)[C@H](OCc2ccccc2)[C@@]1(Cc1ccccc1)OCl. The average Bonchev–Trinajstić information content (AvgIpc) is 3.03. The van der Waals surface area contributed by atoms with Gasteiger partial charge in [-0.25, -0.2) is 0 Å². The molecule has 4 aromatic rings. The van der Waals surface area contributed by atoms with Crippen LogP contribution in [0.1, 0.15) is 22.3 Å². The van der Waals surface area contributed by atoms with Crippen LogP contribution >= 0.6 is 11.9 Å². The van der Waals surface area contributed by atoms with Crippen molar-refractivity contribution in [3.63, 3.8) is 0 Å². The molecule has 5 atom stereocenters. The summed E-state index contributed by atoms with van der Waals surface area (Å²) in [6.07, 6.45) is -3.32. The molecular weight excluding hydrogens is 540 g/mol. The van der Waals surface area contributed by atoms with Gasteiger partial charge in [0.05, 0.1) is 38.3 Å². The number of benzene rings is 4. The molecule has 7 heteroatoms. The van der Waals surface area contributed by atoms with Crippen LogP contribution in [0.5, 0.6) is 0 Å². The summed E-state index contributed by atoms with van der Waals surface area (Å²) in [5, 5.41) is 11.5. The van der Waals surface area contributed by atoms with E-state index in [4.69, 9.17) is 35.1 Å². The van der Waals surface area contributed by atoms with Crippen molar-refractivity contribution in [1.82, 2.24) is 0 Å². The van der Waals surface area contributed by atoms with E-state index in [1.807, 2.05) is 121 Å². The van der Waals surface area contributed by atoms with Crippen LogP contribution in [-0.4, -0.2) is 41.9 Å². The maximum atomic E-state index is 11.5. The van der Waals surface area contributed by atoms with E-state index in [1.165, 1.54) is 0 Å². The molecular formula is C34H35ClO6. The van der Waals surface area contributed by atoms with Crippen molar-refractivity contribution in [1.29, 1.82) is 0 Å². The van der Waals surface area contributed by atoms with Crippen LogP contribution in [0.15, 0.2) is 121 Å². The first-order chi connectivity index (χ1) is 20.2. The molecule has 0 aliphatic carbocycles. The van der Waals surface area contributed by atoms with Crippen LogP contribution in [0, 0.1) is 0 Å². The van der Waals surface area contributed by atoms with Gasteiger partial charge in [0.25, 0.3) is 0 Å². The number of rotatable bonds is 13. The van der Waals surface area contributed by atoms with Gasteiger partial charge < -0.3 is 24.1 Å². The molecule has 5 rings (SSSR count). The van der Waals surface area contributed by atoms with Crippen LogP contribution < -0.4 is 0 Å². The van der Waals surface area contributed by atoms with Gasteiger partial charge in [-0.15, -0.1) is 0 Å². The third-order valence-electron chi connectivity index (χ3n) is 7.29. The van der Waals surface area contributed by atoms with Gasteiger partial charge in [0.1, 0.15) is 18.3 Å². The van der Waals surface area contributed by atoms with E-state index >= 15 is 0 Å². The topological polar surface area (TPSA) is 66.4 Å². The summed E-state index contributed by atoms with van der Waals surface area (Å²) < 4.78 is 31.1. The molecule has 0 saturated carbocycles. The lowest BCUT2D eigenvalue weighted by Crippen LogP contribution is -2.69. The Balaban J connectivity index is 1.45. The first kappa shape index (κ1) is 29.4. The number of ether oxygens (including phenoxy) is 4. The summed E-state index contributed by atoms with van der Waals surface area (Å²) in [6, 6.07) is 39.3. The predicted octanol–water partition coefficient (Wildman–Crippen LogP) is 6.24. The summed E-state index contributed by atoms with van der Waals surface area (Å²) in [5.41, 5.74) is 2.43. The van der Waals surface area contributed by atoms with E-state index in [2.05, 4.69) is 0 Å². The molecule has 6 nitrogen and oxygen atoms in total. The first-order valence-corrected chi connectivity index (χ1v) is 14.1. The third kappa shape index (κ3) is 7.61.